The Morgan fingerprint density at radius 2 is 1.42 bits per heavy atom. The average molecular weight is 504 g/mol. The predicted molar refractivity (Wildman–Crippen MR) is 137 cm³/mol. The second kappa shape index (κ2) is 11.0. The van der Waals surface area contributed by atoms with Crippen LogP contribution in [0.5, 0.6) is 11.5 Å². The minimum absolute atomic E-state index is 0.00608. The molecule has 0 saturated heterocycles. The van der Waals surface area contributed by atoms with Crippen molar-refractivity contribution in [2.24, 2.45) is 0 Å². The van der Waals surface area contributed by atoms with Gasteiger partial charge in [-0.3, -0.25) is 4.31 Å². The second-order valence-electron chi connectivity index (χ2n) is 7.90. The Bertz CT molecular complexity index is 1420. The molecule has 1 N–H and O–H groups in total. The summed E-state index contributed by atoms with van der Waals surface area (Å²) < 4.78 is 40.2. The van der Waals surface area contributed by atoms with Crippen molar-refractivity contribution in [1.82, 2.24) is 0 Å². The zero-order valence-corrected chi connectivity index (χ0v) is 20.4. The van der Waals surface area contributed by atoms with Gasteiger partial charge in [0.05, 0.1) is 24.1 Å². The van der Waals surface area contributed by atoms with Crippen LogP contribution in [0.3, 0.4) is 0 Å². The number of ether oxygens (including phenoxy) is 2. The fourth-order valence-corrected chi connectivity index (χ4v) is 5.19. The summed E-state index contributed by atoms with van der Waals surface area (Å²) >= 11 is 0. The minimum atomic E-state index is -4.20. The molecule has 0 heterocycles. The maximum Gasteiger partial charge on any atom is 0.337 e. The number of carbonyl (C=O) groups is 1. The van der Waals surface area contributed by atoms with Gasteiger partial charge in [-0.05, 0) is 47.5 Å². The molecule has 0 aromatic heterocycles. The SMILES string of the molecule is COc1ccc(S(=O)(=O)N(Cc2ccccc2)c2c(OCc3ccccc3)cccc2C(=O)O)cc1. The molecule has 184 valence electrons. The van der Waals surface area contributed by atoms with Crippen LogP contribution in [0.2, 0.25) is 0 Å². The quantitative estimate of drug-likeness (QED) is 0.313. The number of benzene rings is 4. The van der Waals surface area contributed by atoms with Crippen molar-refractivity contribution < 1.29 is 27.8 Å². The Kier molecular flexibility index (Phi) is 7.56. The van der Waals surface area contributed by atoms with E-state index in [1.54, 1.807) is 42.5 Å². The molecule has 0 amide bonds. The third-order valence-electron chi connectivity index (χ3n) is 5.53. The monoisotopic (exact) mass is 503 g/mol. The van der Waals surface area contributed by atoms with Crippen LogP contribution < -0.4 is 13.8 Å². The highest BCUT2D eigenvalue weighted by Gasteiger charge is 2.31. The molecule has 0 atom stereocenters. The molecule has 0 aliphatic carbocycles. The lowest BCUT2D eigenvalue weighted by molar-refractivity contribution is 0.0697. The Hall–Kier alpha value is -4.30. The molecular formula is C28H25NO6S. The summed E-state index contributed by atoms with van der Waals surface area (Å²) in [6.45, 7) is 0.0415. The summed E-state index contributed by atoms with van der Waals surface area (Å²) in [4.78, 5) is 12.3. The minimum Gasteiger partial charge on any atom is -0.497 e. The van der Waals surface area contributed by atoms with E-state index in [1.165, 1.54) is 31.4 Å². The lowest BCUT2D eigenvalue weighted by Crippen LogP contribution is -2.32. The summed E-state index contributed by atoms with van der Waals surface area (Å²) in [5.74, 6) is -0.619. The molecule has 4 aromatic rings. The number of carboxylic acid groups (broad SMARTS) is 1. The van der Waals surface area contributed by atoms with Gasteiger partial charge >= 0.3 is 5.97 Å². The van der Waals surface area contributed by atoms with Crippen molar-refractivity contribution in [3.05, 3.63) is 120 Å². The predicted octanol–water partition coefficient (Wildman–Crippen LogP) is 5.37. The summed E-state index contributed by atoms with van der Waals surface area (Å²) in [5.41, 5.74) is 1.31. The molecule has 8 heteroatoms. The van der Waals surface area contributed by atoms with Crippen LogP contribution in [-0.2, 0) is 23.2 Å². The molecule has 36 heavy (non-hydrogen) atoms. The Balaban J connectivity index is 1.86. The highest BCUT2D eigenvalue weighted by atomic mass is 32.2. The Morgan fingerprint density at radius 1 is 0.806 bits per heavy atom. The van der Waals surface area contributed by atoms with Gasteiger partial charge in [0, 0.05) is 0 Å². The third kappa shape index (κ3) is 5.50. The van der Waals surface area contributed by atoms with Gasteiger partial charge in [-0.25, -0.2) is 13.2 Å². The lowest BCUT2D eigenvalue weighted by Gasteiger charge is -2.28. The number of hydrogen-bond donors (Lipinski definition) is 1. The third-order valence-corrected chi connectivity index (χ3v) is 7.29. The Morgan fingerprint density at radius 3 is 2.00 bits per heavy atom. The van der Waals surface area contributed by atoms with Crippen LogP contribution in [0.15, 0.2) is 108 Å². The van der Waals surface area contributed by atoms with E-state index in [-0.39, 0.29) is 35.0 Å². The number of sulfonamides is 1. The molecule has 4 rings (SSSR count). The number of para-hydroxylation sites is 1. The zero-order chi connectivity index (χ0) is 25.5. The molecule has 7 nitrogen and oxygen atoms in total. The fraction of sp³-hybridized carbons (Fsp3) is 0.107. The molecule has 0 saturated carbocycles. The molecule has 0 unspecified atom stereocenters. The maximum atomic E-state index is 14.0. The molecule has 0 aliphatic rings. The number of carboxylic acids is 1. The van der Waals surface area contributed by atoms with Crippen molar-refractivity contribution in [3.63, 3.8) is 0 Å². The van der Waals surface area contributed by atoms with Crippen molar-refractivity contribution in [2.75, 3.05) is 11.4 Å². The Labute approximate surface area is 210 Å². The highest BCUT2D eigenvalue weighted by molar-refractivity contribution is 7.92. The number of anilines is 1. The molecule has 0 fully saturated rings. The number of hydrogen-bond acceptors (Lipinski definition) is 5. The zero-order valence-electron chi connectivity index (χ0n) is 19.6. The maximum absolute atomic E-state index is 14.0. The first-order valence-corrected chi connectivity index (χ1v) is 12.6. The summed E-state index contributed by atoms with van der Waals surface area (Å²) in [6, 6.07) is 28.8. The summed E-state index contributed by atoms with van der Waals surface area (Å²) in [5, 5.41) is 10.0. The van der Waals surface area contributed by atoms with Gasteiger partial charge in [0.2, 0.25) is 0 Å². The highest BCUT2D eigenvalue weighted by Crippen LogP contribution is 2.38. The number of rotatable bonds is 10. The van der Waals surface area contributed by atoms with E-state index < -0.39 is 16.0 Å². The molecule has 0 radical (unpaired) electrons. The summed E-state index contributed by atoms with van der Waals surface area (Å²) in [6.07, 6.45) is 0. The van der Waals surface area contributed by atoms with Gasteiger partial charge in [0.15, 0.2) is 0 Å². The molecule has 0 aliphatic heterocycles. The van der Waals surface area contributed by atoms with Crippen LogP contribution >= 0.6 is 0 Å². The van der Waals surface area contributed by atoms with Crippen LogP contribution in [0.4, 0.5) is 5.69 Å². The van der Waals surface area contributed by atoms with Gasteiger partial charge in [-0.2, -0.15) is 0 Å². The van der Waals surface area contributed by atoms with Crippen molar-refractivity contribution >= 4 is 21.7 Å². The fourth-order valence-electron chi connectivity index (χ4n) is 3.71. The van der Waals surface area contributed by atoms with Crippen molar-refractivity contribution in [3.8, 4) is 11.5 Å². The lowest BCUT2D eigenvalue weighted by atomic mass is 10.1. The van der Waals surface area contributed by atoms with E-state index in [1.807, 2.05) is 36.4 Å². The van der Waals surface area contributed by atoms with Crippen LogP contribution in [-0.4, -0.2) is 26.6 Å². The van der Waals surface area contributed by atoms with Crippen LogP contribution in [0, 0.1) is 0 Å². The normalized spacial score (nSPS) is 11.0. The van der Waals surface area contributed by atoms with Gasteiger partial charge < -0.3 is 14.6 Å². The first-order valence-electron chi connectivity index (χ1n) is 11.1. The van der Waals surface area contributed by atoms with Gasteiger partial charge in [-0.15, -0.1) is 0 Å². The number of nitrogens with zero attached hydrogens (tertiary/aromatic N) is 1. The number of methoxy groups -OCH3 is 1. The van der Waals surface area contributed by atoms with E-state index in [0.29, 0.717) is 11.3 Å². The number of aromatic carboxylic acids is 1. The van der Waals surface area contributed by atoms with E-state index in [0.717, 1.165) is 9.87 Å². The van der Waals surface area contributed by atoms with Crippen LogP contribution in [0.25, 0.3) is 0 Å². The van der Waals surface area contributed by atoms with E-state index in [2.05, 4.69) is 0 Å². The van der Waals surface area contributed by atoms with Gasteiger partial charge in [-0.1, -0.05) is 66.7 Å². The molecule has 0 bridgehead atoms. The van der Waals surface area contributed by atoms with Gasteiger partial charge in [0.1, 0.15) is 23.8 Å². The average Bonchev–Trinajstić information content (AvgIpc) is 2.91. The van der Waals surface area contributed by atoms with Crippen molar-refractivity contribution in [2.45, 2.75) is 18.0 Å². The van der Waals surface area contributed by atoms with E-state index in [9.17, 15) is 18.3 Å². The van der Waals surface area contributed by atoms with E-state index >= 15 is 0 Å². The topological polar surface area (TPSA) is 93.1 Å². The first kappa shape index (κ1) is 24.8. The van der Waals surface area contributed by atoms with Gasteiger partial charge in [0.25, 0.3) is 10.0 Å². The summed E-state index contributed by atoms with van der Waals surface area (Å²) in [7, 11) is -2.71. The van der Waals surface area contributed by atoms with Crippen LogP contribution in [0.1, 0.15) is 21.5 Å². The standard InChI is InChI=1S/C28H25NO6S/c1-34-23-15-17-24(18-16-23)36(32,33)29(19-21-9-4-2-5-10-21)27-25(28(30)31)13-8-14-26(27)35-20-22-11-6-3-7-12-22/h2-18H,19-20H2,1H3,(H,30,31). The largest absolute Gasteiger partial charge is 0.497 e. The second-order valence-corrected chi connectivity index (χ2v) is 9.77. The molecule has 4 aromatic carbocycles. The van der Waals surface area contributed by atoms with Crippen molar-refractivity contribution in [1.29, 1.82) is 0 Å². The molecular weight excluding hydrogens is 478 g/mol. The smallest absolute Gasteiger partial charge is 0.337 e. The molecule has 0 spiro atoms. The first-order chi connectivity index (χ1) is 17.4. The van der Waals surface area contributed by atoms with E-state index in [4.69, 9.17) is 9.47 Å².